The summed E-state index contributed by atoms with van der Waals surface area (Å²) in [6.07, 6.45) is 13.2. The zero-order valence-electron chi connectivity index (χ0n) is 18.1. The molecule has 0 saturated carbocycles. The number of nitrogen functional groups attached to an aromatic ring is 1. The SMILES string of the molecule is CCCCCCCCCCCCSc1nnc(N)n1/N=C(\N)n1nc(C)cc1C. The van der Waals surface area contributed by atoms with Gasteiger partial charge in [-0.25, -0.2) is 4.68 Å². The molecule has 8 nitrogen and oxygen atoms in total. The molecular weight excluding hydrogens is 384 g/mol. The van der Waals surface area contributed by atoms with Gasteiger partial charge in [0, 0.05) is 11.4 Å². The van der Waals surface area contributed by atoms with E-state index in [-0.39, 0.29) is 11.9 Å². The van der Waals surface area contributed by atoms with Crippen molar-refractivity contribution in [2.75, 3.05) is 11.5 Å². The third-order valence-corrected chi connectivity index (χ3v) is 5.80. The Morgan fingerprint density at radius 2 is 1.62 bits per heavy atom. The Labute approximate surface area is 178 Å². The van der Waals surface area contributed by atoms with E-state index in [2.05, 4.69) is 27.3 Å². The molecular formula is C20H36N8S. The van der Waals surface area contributed by atoms with Crippen LogP contribution in [0.4, 0.5) is 5.95 Å². The zero-order chi connectivity index (χ0) is 21.1. The summed E-state index contributed by atoms with van der Waals surface area (Å²) in [7, 11) is 0. The van der Waals surface area contributed by atoms with Gasteiger partial charge in [0.25, 0.3) is 0 Å². The highest BCUT2D eigenvalue weighted by Crippen LogP contribution is 2.20. The molecule has 2 aromatic rings. The standard InChI is InChI=1S/C20H36N8S/c1-4-5-6-7-8-9-10-11-12-13-14-29-20-24-23-18(21)28(20)26-19(22)27-17(3)15-16(2)25-27/h15H,4-14H2,1-3H3,(H2,21,23)(H2,22,26). The Morgan fingerprint density at radius 1 is 1.00 bits per heavy atom. The second kappa shape index (κ2) is 12.5. The number of rotatable bonds is 13. The molecule has 9 heteroatoms. The minimum Gasteiger partial charge on any atom is -0.366 e. The zero-order valence-corrected chi connectivity index (χ0v) is 18.9. The highest BCUT2D eigenvalue weighted by atomic mass is 32.2. The summed E-state index contributed by atoms with van der Waals surface area (Å²) in [5.74, 6) is 1.42. The molecule has 0 aliphatic rings. The maximum absolute atomic E-state index is 6.11. The summed E-state index contributed by atoms with van der Waals surface area (Å²) in [5.41, 5.74) is 13.8. The van der Waals surface area contributed by atoms with E-state index in [1.165, 1.54) is 62.5 Å². The molecule has 0 amide bonds. The first-order valence-corrected chi connectivity index (χ1v) is 11.7. The molecule has 0 aliphatic heterocycles. The Kier molecular flexibility index (Phi) is 10.0. The number of aromatic nitrogens is 5. The van der Waals surface area contributed by atoms with Crippen LogP contribution in [0.3, 0.4) is 0 Å². The Bertz CT molecular complexity index is 765. The van der Waals surface area contributed by atoms with Crippen LogP contribution in [0, 0.1) is 13.8 Å². The van der Waals surface area contributed by atoms with Crippen molar-refractivity contribution in [2.24, 2.45) is 10.8 Å². The maximum Gasteiger partial charge on any atom is 0.243 e. The number of nitrogens with two attached hydrogens (primary N) is 2. The van der Waals surface area contributed by atoms with E-state index in [1.54, 1.807) is 16.4 Å². The average molecular weight is 421 g/mol. The number of aryl methyl sites for hydroxylation is 2. The van der Waals surface area contributed by atoms with Crippen molar-refractivity contribution < 1.29 is 0 Å². The van der Waals surface area contributed by atoms with Crippen molar-refractivity contribution in [3.8, 4) is 0 Å². The summed E-state index contributed by atoms with van der Waals surface area (Å²) >= 11 is 1.61. The van der Waals surface area contributed by atoms with E-state index >= 15 is 0 Å². The molecule has 2 aromatic heterocycles. The second-order valence-electron chi connectivity index (χ2n) is 7.48. The third-order valence-electron chi connectivity index (χ3n) is 4.79. The van der Waals surface area contributed by atoms with Gasteiger partial charge < -0.3 is 11.5 Å². The minimum atomic E-state index is 0.222. The highest BCUT2D eigenvalue weighted by Gasteiger charge is 2.12. The monoisotopic (exact) mass is 420 g/mol. The molecule has 162 valence electrons. The molecule has 0 unspecified atom stereocenters. The molecule has 0 bridgehead atoms. The number of anilines is 1. The van der Waals surface area contributed by atoms with Gasteiger partial charge in [-0.3, -0.25) is 0 Å². The highest BCUT2D eigenvalue weighted by molar-refractivity contribution is 7.99. The van der Waals surface area contributed by atoms with Gasteiger partial charge in [-0.2, -0.15) is 9.77 Å². The van der Waals surface area contributed by atoms with Crippen LogP contribution in [0.25, 0.3) is 0 Å². The summed E-state index contributed by atoms with van der Waals surface area (Å²) in [6, 6.07) is 1.94. The largest absolute Gasteiger partial charge is 0.366 e. The molecule has 0 saturated heterocycles. The third kappa shape index (κ3) is 7.72. The lowest BCUT2D eigenvalue weighted by atomic mass is 10.1. The minimum absolute atomic E-state index is 0.222. The Morgan fingerprint density at radius 3 is 2.21 bits per heavy atom. The second-order valence-corrected chi connectivity index (χ2v) is 8.54. The summed E-state index contributed by atoms with van der Waals surface area (Å²) in [6.45, 7) is 6.10. The van der Waals surface area contributed by atoms with Crippen LogP contribution in [0.2, 0.25) is 0 Å². The van der Waals surface area contributed by atoms with Crippen LogP contribution in [0.15, 0.2) is 16.3 Å². The maximum atomic E-state index is 6.11. The van der Waals surface area contributed by atoms with Crippen LogP contribution < -0.4 is 11.5 Å². The van der Waals surface area contributed by atoms with E-state index in [0.29, 0.717) is 5.16 Å². The first-order valence-electron chi connectivity index (χ1n) is 10.7. The number of nitrogens with zero attached hydrogens (tertiary/aromatic N) is 6. The number of hydrogen-bond donors (Lipinski definition) is 2. The predicted molar refractivity (Wildman–Crippen MR) is 121 cm³/mol. The van der Waals surface area contributed by atoms with Crippen LogP contribution in [-0.4, -0.2) is 36.4 Å². The predicted octanol–water partition coefficient (Wildman–Crippen LogP) is 4.31. The normalized spacial score (nSPS) is 12.0. The fourth-order valence-electron chi connectivity index (χ4n) is 3.22. The Balaban J connectivity index is 1.73. The van der Waals surface area contributed by atoms with E-state index in [0.717, 1.165) is 23.6 Å². The van der Waals surface area contributed by atoms with Crippen LogP contribution in [-0.2, 0) is 0 Å². The van der Waals surface area contributed by atoms with Gasteiger partial charge in [0.05, 0.1) is 5.69 Å². The summed E-state index contributed by atoms with van der Waals surface area (Å²) in [5, 5.41) is 17.4. The van der Waals surface area contributed by atoms with E-state index in [9.17, 15) is 0 Å². The first-order chi connectivity index (χ1) is 14.0. The fraction of sp³-hybridized carbons (Fsp3) is 0.700. The lowest BCUT2D eigenvalue weighted by molar-refractivity contribution is 0.563. The van der Waals surface area contributed by atoms with Crippen molar-refractivity contribution in [2.45, 2.75) is 90.1 Å². The summed E-state index contributed by atoms with van der Waals surface area (Å²) in [4.78, 5) is 0. The van der Waals surface area contributed by atoms with Crippen molar-refractivity contribution >= 4 is 23.7 Å². The lowest BCUT2D eigenvalue weighted by Gasteiger charge is -2.06. The molecule has 0 atom stereocenters. The van der Waals surface area contributed by atoms with Gasteiger partial charge in [-0.1, -0.05) is 76.5 Å². The molecule has 2 heterocycles. The molecule has 0 aliphatic carbocycles. The molecule has 0 fully saturated rings. The molecule has 0 radical (unpaired) electrons. The van der Waals surface area contributed by atoms with Gasteiger partial charge in [-0.15, -0.1) is 15.3 Å². The lowest BCUT2D eigenvalue weighted by Crippen LogP contribution is -2.26. The fourth-order valence-corrected chi connectivity index (χ4v) is 4.11. The van der Waals surface area contributed by atoms with Crippen LogP contribution >= 0.6 is 11.8 Å². The molecule has 0 spiro atoms. The summed E-state index contributed by atoms with van der Waals surface area (Å²) < 4.78 is 3.08. The van der Waals surface area contributed by atoms with Gasteiger partial charge in [0.1, 0.15) is 0 Å². The van der Waals surface area contributed by atoms with Crippen molar-refractivity contribution in [3.05, 3.63) is 17.5 Å². The van der Waals surface area contributed by atoms with Crippen molar-refractivity contribution in [1.29, 1.82) is 0 Å². The first kappa shape index (κ1) is 23.3. The topological polar surface area (TPSA) is 113 Å². The molecule has 4 N–H and O–H groups in total. The Hall–Kier alpha value is -2.03. The van der Waals surface area contributed by atoms with Crippen LogP contribution in [0.5, 0.6) is 0 Å². The van der Waals surface area contributed by atoms with Crippen molar-refractivity contribution in [3.63, 3.8) is 0 Å². The van der Waals surface area contributed by atoms with Crippen molar-refractivity contribution in [1.82, 2.24) is 24.7 Å². The number of unbranched alkanes of at least 4 members (excludes halogenated alkanes) is 9. The molecule has 2 rings (SSSR count). The van der Waals surface area contributed by atoms with Gasteiger partial charge in [0.2, 0.25) is 17.1 Å². The van der Waals surface area contributed by atoms with E-state index < -0.39 is 0 Å². The van der Waals surface area contributed by atoms with Gasteiger partial charge in [0.15, 0.2) is 0 Å². The number of thioether (sulfide) groups is 1. The molecule has 29 heavy (non-hydrogen) atoms. The van der Waals surface area contributed by atoms with E-state index in [4.69, 9.17) is 11.5 Å². The van der Waals surface area contributed by atoms with E-state index in [1.807, 2.05) is 19.9 Å². The number of hydrogen-bond acceptors (Lipinski definition) is 6. The quantitative estimate of drug-likeness (QED) is 0.216. The smallest absolute Gasteiger partial charge is 0.243 e. The van der Waals surface area contributed by atoms with Crippen LogP contribution in [0.1, 0.15) is 82.5 Å². The van der Waals surface area contributed by atoms with Gasteiger partial charge in [-0.05, 0) is 26.3 Å². The average Bonchev–Trinajstić information content (AvgIpc) is 3.21. The van der Waals surface area contributed by atoms with Gasteiger partial charge >= 0.3 is 0 Å². The molecule has 0 aromatic carbocycles.